The molecular weight excluding hydrogens is 348 g/mol. The minimum absolute atomic E-state index is 0.0811. The third-order valence-electron chi connectivity index (χ3n) is 4.87. The Hall–Kier alpha value is -1.59. The molecule has 0 amide bonds. The summed E-state index contributed by atoms with van der Waals surface area (Å²) in [6.07, 6.45) is 1.02. The molecule has 2 aromatic rings. The van der Waals surface area contributed by atoms with E-state index in [9.17, 15) is 0 Å². The van der Waals surface area contributed by atoms with Crippen molar-refractivity contribution in [3.63, 3.8) is 0 Å². The molecule has 0 aromatic heterocycles. The summed E-state index contributed by atoms with van der Waals surface area (Å²) in [6, 6.07) is 19.2. The minimum atomic E-state index is 0.0811. The van der Waals surface area contributed by atoms with E-state index in [1.807, 2.05) is 12.1 Å². The average molecular weight is 375 g/mol. The van der Waals surface area contributed by atoms with Gasteiger partial charge in [0.1, 0.15) is 0 Å². The summed E-state index contributed by atoms with van der Waals surface area (Å²) in [5.41, 5.74) is 2.58. The Morgan fingerprint density at radius 3 is 2.50 bits per heavy atom. The Balaban J connectivity index is 1.67. The van der Waals surface area contributed by atoms with Crippen LogP contribution in [0.5, 0.6) is 0 Å². The van der Waals surface area contributed by atoms with E-state index in [1.54, 1.807) is 0 Å². The standard InChI is InChI=1S/C21H27ClN2O2/c22-19-6-8-20(9-7-19)24-11-10-23(12-14-26-15-13-25)21(17-24)16-18-4-2-1-3-5-18/h1-9,21,25H,10-17H2. The lowest BCUT2D eigenvalue weighted by atomic mass is 10.0. The molecule has 1 aliphatic heterocycles. The molecule has 2 aromatic carbocycles. The Morgan fingerprint density at radius 1 is 1.00 bits per heavy atom. The van der Waals surface area contributed by atoms with E-state index in [-0.39, 0.29) is 6.61 Å². The largest absolute Gasteiger partial charge is 0.394 e. The number of rotatable bonds is 8. The molecule has 1 heterocycles. The highest BCUT2D eigenvalue weighted by Crippen LogP contribution is 2.23. The van der Waals surface area contributed by atoms with E-state index < -0.39 is 0 Å². The molecule has 0 bridgehead atoms. The predicted molar refractivity (Wildman–Crippen MR) is 107 cm³/mol. The second-order valence-corrected chi connectivity index (χ2v) is 7.07. The zero-order valence-electron chi connectivity index (χ0n) is 15.1. The molecule has 4 nitrogen and oxygen atoms in total. The van der Waals surface area contributed by atoms with Crippen LogP contribution in [0.4, 0.5) is 5.69 Å². The van der Waals surface area contributed by atoms with Crippen LogP contribution in [-0.2, 0) is 11.2 Å². The first-order valence-corrected chi connectivity index (χ1v) is 9.61. The van der Waals surface area contributed by atoms with Crippen molar-refractivity contribution in [3.05, 3.63) is 65.2 Å². The van der Waals surface area contributed by atoms with E-state index in [0.29, 0.717) is 19.3 Å². The number of ether oxygens (including phenoxy) is 1. The van der Waals surface area contributed by atoms with Crippen LogP contribution < -0.4 is 4.90 Å². The number of anilines is 1. The van der Waals surface area contributed by atoms with E-state index in [4.69, 9.17) is 21.4 Å². The fourth-order valence-corrected chi connectivity index (χ4v) is 3.63. The summed E-state index contributed by atoms with van der Waals surface area (Å²) in [6.45, 7) is 5.02. The molecular formula is C21H27ClN2O2. The maximum Gasteiger partial charge on any atom is 0.0698 e. The topological polar surface area (TPSA) is 35.9 Å². The Morgan fingerprint density at radius 2 is 1.77 bits per heavy atom. The second-order valence-electron chi connectivity index (χ2n) is 6.64. The summed E-state index contributed by atoms with van der Waals surface area (Å²) < 4.78 is 5.49. The Kier molecular flexibility index (Phi) is 7.32. The zero-order chi connectivity index (χ0) is 18.2. The van der Waals surface area contributed by atoms with Gasteiger partial charge in [-0.1, -0.05) is 41.9 Å². The first-order valence-electron chi connectivity index (χ1n) is 9.23. The third-order valence-corrected chi connectivity index (χ3v) is 5.12. The zero-order valence-corrected chi connectivity index (χ0v) is 15.8. The monoisotopic (exact) mass is 374 g/mol. The molecule has 1 saturated heterocycles. The SMILES string of the molecule is OCCOCCN1CCN(c2ccc(Cl)cc2)CC1Cc1ccccc1. The van der Waals surface area contributed by atoms with Gasteiger partial charge in [0.25, 0.3) is 0 Å². The molecule has 26 heavy (non-hydrogen) atoms. The van der Waals surface area contributed by atoms with Crippen molar-refractivity contribution in [3.8, 4) is 0 Å². The molecule has 0 saturated carbocycles. The van der Waals surface area contributed by atoms with Crippen molar-refractivity contribution in [1.82, 2.24) is 4.90 Å². The molecule has 3 rings (SSSR count). The summed E-state index contributed by atoms with van der Waals surface area (Å²) in [4.78, 5) is 4.95. The van der Waals surface area contributed by atoms with Crippen LogP contribution in [0.2, 0.25) is 5.02 Å². The van der Waals surface area contributed by atoms with Gasteiger partial charge in [0.2, 0.25) is 0 Å². The Bertz CT molecular complexity index is 651. The van der Waals surface area contributed by atoms with Crippen LogP contribution in [0.3, 0.4) is 0 Å². The summed E-state index contributed by atoms with van der Waals surface area (Å²) >= 11 is 6.03. The number of aliphatic hydroxyl groups excluding tert-OH is 1. The van der Waals surface area contributed by atoms with Crippen LogP contribution >= 0.6 is 11.6 Å². The highest BCUT2D eigenvalue weighted by molar-refractivity contribution is 6.30. The van der Waals surface area contributed by atoms with Gasteiger partial charge in [0, 0.05) is 42.9 Å². The quantitative estimate of drug-likeness (QED) is 0.720. The number of aliphatic hydroxyl groups is 1. The molecule has 0 radical (unpaired) electrons. The Labute approximate surface area is 160 Å². The second kappa shape index (κ2) is 9.93. The number of nitrogens with zero attached hydrogens (tertiary/aromatic N) is 2. The number of piperazine rings is 1. The van der Waals surface area contributed by atoms with Gasteiger partial charge in [-0.2, -0.15) is 0 Å². The number of hydrogen-bond acceptors (Lipinski definition) is 4. The molecule has 1 atom stereocenters. The van der Waals surface area contributed by atoms with Gasteiger partial charge in [0.05, 0.1) is 19.8 Å². The molecule has 5 heteroatoms. The summed E-state index contributed by atoms with van der Waals surface area (Å²) in [7, 11) is 0. The third kappa shape index (κ3) is 5.45. The van der Waals surface area contributed by atoms with Gasteiger partial charge >= 0.3 is 0 Å². The van der Waals surface area contributed by atoms with E-state index >= 15 is 0 Å². The van der Waals surface area contributed by atoms with Gasteiger partial charge in [-0.05, 0) is 36.2 Å². The molecule has 0 aliphatic carbocycles. The van der Waals surface area contributed by atoms with Gasteiger partial charge in [-0.3, -0.25) is 4.90 Å². The highest BCUT2D eigenvalue weighted by atomic mass is 35.5. The number of hydrogen-bond donors (Lipinski definition) is 1. The van der Waals surface area contributed by atoms with Crippen molar-refractivity contribution in [2.75, 3.05) is 50.9 Å². The minimum Gasteiger partial charge on any atom is -0.394 e. The highest BCUT2D eigenvalue weighted by Gasteiger charge is 2.27. The fraction of sp³-hybridized carbons (Fsp3) is 0.429. The first kappa shape index (κ1) is 19.2. The van der Waals surface area contributed by atoms with Gasteiger partial charge < -0.3 is 14.7 Å². The molecule has 1 N–H and O–H groups in total. The van der Waals surface area contributed by atoms with Crippen molar-refractivity contribution < 1.29 is 9.84 Å². The van der Waals surface area contributed by atoms with Crippen LogP contribution in [0.15, 0.2) is 54.6 Å². The summed E-state index contributed by atoms with van der Waals surface area (Å²) in [5.74, 6) is 0. The number of halogens is 1. The van der Waals surface area contributed by atoms with Crippen LogP contribution in [0.25, 0.3) is 0 Å². The van der Waals surface area contributed by atoms with Crippen molar-refractivity contribution in [2.24, 2.45) is 0 Å². The summed E-state index contributed by atoms with van der Waals surface area (Å²) in [5, 5.41) is 9.65. The molecule has 1 aliphatic rings. The molecule has 1 fully saturated rings. The molecule has 0 spiro atoms. The van der Waals surface area contributed by atoms with Gasteiger partial charge in [-0.25, -0.2) is 0 Å². The van der Waals surface area contributed by atoms with Crippen molar-refractivity contribution in [1.29, 1.82) is 0 Å². The lowest BCUT2D eigenvalue weighted by Crippen LogP contribution is -2.55. The average Bonchev–Trinajstić information content (AvgIpc) is 2.67. The van der Waals surface area contributed by atoms with E-state index in [1.165, 1.54) is 11.3 Å². The normalized spacial score (nSPS) is 18.2. The van der Waals surface area contributed by atoms with Gasteiger partial charge in [0.15, 0.2) is 0 Å². The maximum atomic E-state index is 8.88. The van der Waals surface area contributed by atoms with Gasteiger partial charge in [-0.15, -0.1) is 0 Å². The maximum absolute atomic E-state index is 8.88. The lowest BCUT2D eigenvalue weighted by molar-refractivity contribution is 0.0598. The lowest BCUT2D eigenvalue weighted by Gasteiger charge is -2.42. The van der Waals surface area contributed by atoms with Crippen LogP contribution in [0.1, 0.15) is 5.56 Å². The van der Waals surface area contributed by atoms with Crippen LogP contribution in [-0.4, -0.2) is 62.0 Å². The van der Waals surface area contributed by atoms with Crippen molar-refractivity contribution in [2.45, 2.75) is 12.5 Å². The predicted octanol–water partition coefficient (Wildman–Crippen LogP) is 3.08. The first-order chi connectivity index (χ1) is 12.8. The van der Waals surface area contributed by atoms with Crippen molar-refractivity contribution >= 4 is 17.3 Å². The van der Waals surface area contributed by atoms with E-state index in [2.05, 4.69) is 52.3 Å². The fourth-order valence-electron chi connectivity index (χ4n) is 3.50. The number of benzene rings is 2. The smallest absolute Gasteiger partial charge is 0.0698 e. The molecule has 140 valence electrons. The van der Waals surface area contributed by atoms with E-state index in [0.717, 1.165) is 37.6 Å². The molecule has 1 unspecified atom stereocenters. The van der Waals surface area contributed by atoms with Crippen LogP contribution in [0, 0.1) is 0 Å².